The number of nitrogens with two attached hydrogens (primary N) is 1. The summed E-state index contributed by atoms with van der Waals surface area (Å²) in [6.45, 7) is 4.82. The summed E-state index contributed by atoms with van der Waals surface area (Å²) in [5.74, 6) is -0.415. The van der Waals surface area contributed by atoms with Crippen LogP contribution in [0.3, 0.4) is 0 Å². The lowest BCUT2D eigenvalue weighted by molar-refractivity contribution is -0.125. The molecule has 1 amide bonds. The van der Waals surface area contributed by atoms with Crippen LogP contribution in [0.5, 0.6) is 0 Å². The van der Waals surface area contributed by atoms with Crippen LogP contribution < -0.4 is 11.1 Å². The fourth-order valence-corrected chi connectivity index (χ4v) is 1.70. The van der Waals surface area contributed by atoms with Gasteiger partial charge in [-0.2, -0.15) is 0 Å². The molecule has 0 aromatic heterocycles. The highest BCUT2D eigenvalue weighted by Crippen LogP contribution is 2.23. The zero-order valence-electron chi connectivity index (χ0n) is 11.0. The Morgan fingerprint density at radius 3 is 2.72 bits per heavy atom. The van der Waals surface area contributed by atoms with Crippen molar-refractivity contribution >= 4 is 5.91 Å². The van der Waals surface area contributed by atoms with Crippen LogP contribution in [0, 0.1) is 5.82 Å². The molecule has 1 aromatic carbocycles. The maximum atomic E-state index is 13.2. The van der Waals surface area contributed by atoms with E-state index in [4.69, 9.17) is 5.73 Å². The van der Waals surface area contributed by atoms with Crippen molar-refractivity contribution in [1.82, 2.24) is 5.32 Å². The van der Waals surface area contributed by atoms with Gasteiger partial charge in [0, 0.05) is 6.54 Å². The molecule has 3 nitrogen and oxygen atoms in total. The van der Waals surface area contributed by atoms with Gasteiger partial charge in [-0.15, -0.1) is 0 Å². The third-order valence-corrected chi connectivity index (χ3v) is 3.03. The minimum Gasteiger partial charge on any atom is -0.355 e. The van der Waals surface area contributed by atoms with Crippen LogP contribution in [-0.4, -0.2) is 19.0 Å². The monoisotopic (exact) mass is 252 g/mol. The second kappa shape index (κ2) is 6.50. The minimum atomic E-state index is -0.731. The SMILES string of the molecule is CC(C)(C(=O)NCCCCN)c1cccc(F)c1. The van der Waals surface area contributed by atoms with E-state index in [0.29, 0.717) is 18.7 Å². The van der Waals surface area contributed by atoms with Crippen molar-refractivity contribution in [2.75, 3.05) is 13.1 Å². The van der Waals surface area contributed by atoms with Gasteiger partial charge in [0.1, 0.15) is 5.82 Å². The van der Waals surface area contributed by atoms with E-state index in [2.05, 4.69) is 5.32 Å². The zero-order valence-corrected chi connectivity index (χ0v) is 11.0. The second-order valence-electron chi connectivity index (χ2n) is 4.89. The smallest absolute Gasteiger partial charge is 0.230 e. The van der Waals surface area contributed by atoms with E-state index < -0.39 is 5.41 Å². The molecule has 1 rings (SSSR count). The van der Waals surface area contributed by atoms with E-state index in [1.165, 1.54) is 12.1 Å². The highest BCUT2D eigenvalue weighted by Gasteiger charge is 2.29. The van der Waals surface area contributed by atoms with Gasteiger partial charge in [-0.3, -0.25) is 4.79 Å². The average Bonchev–Trinajstić information content (AvgIpc) is 2.34. The lowest BCUT2D eigenvalue weighted by atomic mass is 9.83. The molecule has 18 heavy (non-hydrogen) atoms. The lowest BCUT2D eigenvalue weighted by Gasteiger charge is -2.24. The number of halogens is 1. The number of carbonyl (C=O) groups is 1. The summed E-state index contributed by atoms with van der Waals surface area (Å²) < 4.78 is 13.2. The summed E-state index contributed by atoms with van der Waals surface area (Å²) in [6.07, 6.45) is 1.75. The molecular formula is C14H21FN2O. The van der Waals surface area contributed by atoms with Gasteiger partial charge in [-0.25, -0.2) is 4.39 Å². The van der Waals surface area contributed by atoms with E-state index >= 15 is 0 Å². The minimum absolute atomic E-state index is 0.0925. The van der Waals surface area contributed by atoms with Gasteiger partial charge < -0.3 is 11.1 Å². The Balaban J connectivity index is 2.65. The summed E-state index contributed by atoms with van der Waals surface area (Å²) in [4.78, 5) is 12.1. The first-order valence-electron chi connectivity index (χ1n) is 6.23. The van der Waals surface area contributed by atoms with Gasteiger partial charge >= 0.3 is 0 Å². The highest BCUT2D eigenvalue weighted by atomic mass is 19.1. The van der Waals surface area contributed by atoms with Crippen molar-refractivity contribution < 1.29 is 9.18 Å². The lowest BCUT2D eigenvalue weighted by Crippen LogP contribution is -2.40. The Bertz CT molecular complexity index is 405. The molecule has 0 saturated carbocycles. The number of unbranched alkanes of at least 4 members (excludes halogenated alkanes) is 1. The molecule has 100 valence electrons. The fraction of sp³-hybridized carbons (Fsp3) is 0.500. The number of rotatable bonds is 6. The molecule has 3 N–H and O–H groups in total. The molecule has 0 aliphatic carbocycles. The van der Waals surface area contributed by atoms with Crippen LogP contribution in [0.15, 0.2) is 24.3 Å². The first kappa shape index (κ1) is 14.6. The maximum absolute atomic E-state index is 13.2. The largest absolute Gasteiger partial charge is 0.355 e. The molecule has 0 spiro atoms. The summed E-state index contributed by atoms with van der Waals surface area (Å²) in [5, 5.41) is 2.86. The highest BCUT2D eigenvalue weighted by molar-refractivity contribution is 5.87. The maximum Gasteiger partial charge on any atom is 0.230 e. The van der Waals surface area contributed by atoms with Crippen molar-refractivity contribution in [3.05, 3.63) is 35.6 Å². The normalized spacial score (nSPS) is 11.3. The van der Waals surface area contributed by atoms with Gasteiger partial charge in [-0.05, 0) is 50.9 Å². The Labute approximate surface area is 108 Å². The summed E-state index contributed by atoms with van der Waals surface area (Å²) in [7, 11) is 0. The van der Waals surface area contributed by atoms with E-state index in [1.807, 2.05) is 0 Å². The van der Waals surface area contributed by atoms with Gasteiger partial charge in [0.2, 0.25) is 5.91 Å². The molecule has 0 heterocycles. The molecule has 0 atom stereocenters. The van der Waals surface area contributed by atoms with Crippen LogP contribution in [-0.2, 0) is 10.2 Å². The molecule has 0 aliphatic heterocycles. The third-order valence-electron chi connectivity index (χ3n) is 3.03. The topological polar surface area (TPSA) is 55.1 Å². The number of hydrogen-bond acceptors (Lipinski definition) is 2. The molecule has 0 aliphatic rings. The average molecular weight is 252 g/mol. The standard InChI is InChI=1S/C14H21FN2O/c1-14(2,11-6-5-7-12(15)10-11)13(18)17-9-4-3-8-16/h5-7,10H,3-4,8-9,16H2,1-2H3,(H,17,18). The number of nitrogens with one attached hydrogen (secondary N) is 1. The molecule has 0 saturated heterocycles. The van der Waals surface area contributed by atoms with Crippen LogP contribution in [0.4, 0.5) is 4.39 Å². The van der Waals surface area contributed by atoms with Gasteiger partial charge in [-0.1, -0.05) is 12.1 Å². The van der Waals surface area contributed by atoms with E-state index in [9.17, 15) is 9.18 Å². The van der Waals surface area contributed by atoms with Crippen molar-refractivity contribution in [2.24, 2.45) is 5.73 Å². The Morgan fingerprint density at radius 1 is 1.39 bits per heavy atom. The molecule has 0 unspecified atom stereocenters. The van der Waals surface area contributed by atoms with Crippen LogP contribution in [0.2, 0.25) is 0 Å². The predicted molar refractivity (Wildman–Crippen MR) is 70.7 cm³/mol. The molecule has 1 aromatic rings. The predicted octanol–water partition coefficient (Wildman–Crippen LogP) is 1.96. The van der Waals surface area contributed by atoms with Crippen molar-refractivity contribution in [3.8, 4) is 0 Å². The van der Waals surface area contributed by atoms with Crippen molar-refractivity contribution in [3.63, 3.8) is 0 Å². The van der Waals surface area contributed by atoms with Crippen molar-refractivity contribution in [1.29, 1.82) is 0 Å². The van der Waals surface area contributed by atoms with Crippen LogP contribution >= 0.6 is 0 Å². The Hall–Kier alpha value is -1.42. The van der Waals surface area contributed by atoms with E-state index in [-0.39, 0.29) is 11.7 Å². The second-order valence-corrected chi connectivity index (χ2v) is 4.89. The summed E-state index contributed by atoms with van der Waals surface area (Å²) in [5.41, 5.74) is 5.33. The van der Waals surface area contributed by atoms with Gasteiger partial charge in [0.25, 0.3) is 0 Å². The molecule has 0 fully saturated rings. The molecular weight excluding hydrogens is 231 g/mol. The Morgan fingerprint density at radius 2 is 2.11 bits per heavy atom. The first-order valence-corrected chi connectivity index (χ1v) is 6.23. The number of carbonyl (C=O) groups excluding carboxylic acids is 1. The molecule has 0 radical (unpaired) electrons. The summed E-state index contributed by atoms with van der Waals surface area (Å²) >= 11 is 0. The number of amides is 1. The Kier molecular flexibility index (Phi) is 5.28. The van der Waals surface area contributed by atoms with Crippen LogP contribution in [0.1, 0.15) is 32.3 Å². The van der Waals surface area contributed by atoms with Gasteiger partial charge in [0.05, 0.1) is 5.41 Å². The van der Waals surface area contributed by atoms with E-state index in [0.717, 1.165) is 12.8 Å². The first-order chi connectivity index (χ1) is 8.48. The fourth-order valence-electron chi connectivity index (χ4n) is 1.70. The molecule has 4 heteroatoms. The van der Waals surface area contributed by atoms with E-state index in [1.54, 1.807) is 26.0 Å². The zero-order chi connectivity index (χ0) is 13.6. The van der Waals surface area contributed by atoms with Crippen LogP contribution in [0.25, 0.3) is 0 Å². The molecule has 0 bridgehead atoms. The number of benzene rings is 1. The van der Waals surface area contributed by atoms with Crippen molar-refractivity contribution in [2.45, 2.75) is 32.1 Å². The third kappa shape index (κ3) is 3.81. The van der Waals surface area contributed by atoms with Gasteiger partial charge in [0.15, 0.2) is 0 Å². The number of hydrogen-bond donors (Lipinski definition) is 2. The quantitative estimate of drug-likeness (QED) is 0.760. The summed E-state index contributed by atoms with van der Waals surface area (Å²) in [6, 6.07) is 6.16.